The maximum absolute atomic E-state index is 14.4. The molecule has 0 aliphatic heterocycles. The Kier molecular flexibility index (Phi) is 9.14. The first-order valence-electron chi connectivity index (χ1n) is 13.0. The predicted molar refractivity (Wildman–Crippen MR) is 138 cm³/mol. The molecule has 0 bridgehead atoms. The first kappa shape index (κ1) is 33.3. The highest BCUT2D eigenvalue weighted by Crippen LogP contribution is 2.54. The van der Waals surface area contributed by atoms with Gasteiger partial charge < -0.3 is 10.1 Å². The summed E-state index contributed by atoms with van der Waals surface area (Å²) in [6.45, 7) is -1.74. The number of hydrogen-bond donors (Lipinski definition) is 1. The zero-order valence-electron chi connectivity index (χ0n) is 22.5. The van der Waals surface area contributed by atoms with E-state index in [1.54, 1.807) is 0 Å². The maximum Gasteiger partial charge on any atom is 0.430 e. The number of carbonyl (C=O) groups is 1. The summed E-state index contributed by atoms with van der Waals surface area (Å²) in [6.07, 6.45) is -12.2. The number of nitrogens with one attached hydrogen (secondary N) is 1. The van der Waals surface area contributed by atoms with Crippen molar-refractivity contribution in [2.45, 2.75) is 65.9 Å². The van der Waals surface area contributed by atoms with Crippen LogP contribution in [0.1, 0.15) is 42.4 Å². The van der Waals surface area contributed by atoms with Gasteiger partial charge >= 0.3 is 12.4 Å². The number of alkyl halides is 6. The van der Waals surface area contributed by atoms with Crippen LogP contribution in [0.3, 0.4) is 0 Å². The monoisotopic (exact) mass is 653 g/mol. The van der Waals surface area contributed by atoms with E-state index in [0.717, 1.165) is 42.5 Å². The van der Waals surface area contributed by atoms with Crippen molar-refractivity contribution in [3.63, 3.8) is 0 Å². The van der Waals surface area contributed by atoms with Gasteiger partial charge in [-0.05, 0) is 67.6 Å². The van der Waals surface area contributed by atoms with Crippen molar-refractivity contribution in [2.75, 3.05) is 0 Å². The smallest absolute Gasteiger partial charge is 0.356 e. The molecule has 0 spiro atoms. The highest BCUT2D eigenvalue weighted by atomic mass is 32.2. The number of ether oxygens (including phenoxy) is 1. The van der Waals surface area contributed by atoms with E-state index in [4.69, 9.17) is 0 Å². The Morgan fingerprint density at radius 1 is 0.818 bits per heavy atom. The fourth-order valence-corrected chi connectivity index (χ4v) is 7.66. The Bertz CT molecular complexity index is 1550. The lowest BCUT2D eigenvalue weighted by Crippen LogP contribution is -2.56. The molecule has 0 radical (unpaired) electrons. The van der Waals surface area contributed by atoms with Crippen LogP contribution in [0.25, 0.3) is 0 Å². The number of benzene rings is 3. The molecule has 3 aromatic carbocycles. The minimum atomic E-state index is -6.19. The van der Waals surface area contributed by atoms with Crippen LogP contribution < -0.4 is 5.32 Å². The van der Waals surface area contributed by atoms with Gasteiger partial charge in [-0.1, -0.05) is 30.3 Å². The van der Waals surface area contributed by atoms with Crippen LogP contribution in [0, 0.1) is 17.5 Å². The Balaban J connectivity index is 1.83. The zero-order chi connectivity index (χ0) is 32.6. The van der Waals surface area contributed by atoms with Crippen molar-refractivity contribution in [2.24, 2.45) is 0 Å². The first-order valence-corrected chi connectivity index (χ1v) is 14.5. The molecule has 1 N–H and O–H groups in total. The molecule has 0 aromatic heterocycles. The van der Waals surface area contributed by atoms with Crippen LogP contribution in [0.5, 0.6) is 0 Å². The highest BCUT2D eigenvalue weighted by Gasteiger charge is 2.73. The lowest BCUT2D eigenvalue weighted by molar-refractivity contribution is -0.392. The number of halogens is 9. The molecule has 238 valence electrons. The van der Waals surface area contributed by atoms with Crippen LogP contribution in [0.2, 0.25) is 0 Å². The first-order chi connectivity index (χ1) is 20.5. The Morgan fingerprint density at radius 3 is 1.82 bits per heavy atom. The van der Waals surface area contributed by atoms with Crippen molar-refractivity contribution in [1.29, 1.82) is 0 Å². The summed E-state index contributed by atoms with van der Waals surface area (Å²) in [4.78, 5) is 10.6. The third kappa shape index (κ3) is 5.78. The van der Waals surface area contributed by atoms with Crippen LogP contribution in [-0.2, 0) is 36.3 Å². The molecule has 0 unspecified atom stereocenters. The number of sulfone groups is 1. The van der Waals surface area contributed by atoms with Gasteiger partial charge in [-0.2, -0.15) is 26.3 Å². The van der Waals surface area contributed by atoms with E-state index in [-0.39, 0.29) is 36.1 Å². The van der Waals surface area contributed by atoms with Crippen LogP contribution in [-0.4, -0.2) is 33.2 Å². The standard InChI is InChI=1S/C29H24F9NO4S/c30-20-8-10-22(11-9-20)44(41,42)26(14-12-21(13-15-26)39-17-40)18-4-6-19(7-5-18)27(28(33,34)35,29(36,37)38)43-16-23-24(31)2-1-3-25(23)32/h1-11,17,21H,12-16H2,(H,39,40). The number of rotatable bonds is 9. The third-order valence-corrected chi connectivity index (χ3v) is 10.4. The van der Waals surface area contributed by atoms with Crippen molar-refractivity contribution in [3.8, 4) is 0 Å². The van der Waals surface area contributed by atoms with Gasteiger partial charge in [0, 0.05) is 17.2 Å². The van der Waals surface area contributed by atoms with E-state index < -0.39 is 73.8 Å². The van der Waals surface area contributed by atoms with Gasteiger partial charge in [-0.3, -0.25) is 4.79 Å². The molecule has 0 atom stereocenters. The molecule has 1 aliphatic carbocycles. The van der Waals surface area contributed by atoms with Crippen LogP contribution in [0.4, 0.5) is 39.5 Å². The molecular formula is C29H24F9NO4S. The molecule has 44 heavy (non-hydrogen) atoms. The Labute approximate surface area is 245 Å². The molecule has 1 amide bonds. The zero-order valence-corrected chi connectivity index (χ0v) is 23.3. The minimum Gasteiger partial charge on any atom is -0.356 e. The second kappa shape index (κ2) is 12.1. The molecule has 1 saturated carbocycles. The molecule has 3 aromatic rings. The predicted octanol–water partition coefficient (Wildman–Crippen LogP) is 7.00. The summed E-state index contributed by atoms with van der Waals surface area (Å²) < 4.78 is 158. The number of carbonyl (C=O) groups excluding carboxylic acids is 1. The molecule has 4 rings (SSSR count). The van der Waals surface area contributed by atoms with Crippen molar-refractivity contribution in [1.82, 2.24) is 5.32 Å². The van der Waals surface area contributed by atoms with E-state index in [2.05, 4.69) is 10.1 Å². The molecule has 0 heterocycles. The summed E-state index contributed by atoms with van der Waals surface area (Å²) in [5, 5.41) is 2.53. The van der Waals surface area contributed by atoms with Crippen LogP contribution in [0.15, 0.2) is 71.6 Å². The lowest BCUT2D eigenvalue weighted by Gasteiger charge is -2.41. The van der Waals surface area contributed by atoms with Crippen molar-refractivity contribution >= 4 is 16.2 Å². The van der Waals surface area contributed by atoms with Gasteiger partial charge in [0.15, 0.2) is 9.84 Å². The Hall–Kier alpha value is -3.59. The second-order valence-electron chi connectivity index (χ2n) is 10.3. The van der Waals surface area contributed by atoms with Gasteiger partial charge in [0.05, 0.1) is 11.5 Å². The quantitative estimate of drug-likeness (QED) is 0.154. The fourth-order valence-electron chi connectivity index (χ4n) is 5.49. The topological polar surface area (TPSA) is 72.5 Å². The molecule has 1 aliphatic rings. The summed E-state index contributed by atoms with van der Waals surface area (Å²) in [7, 11) is -4.43. The van der Waals surface area contributed by atoms with Gasteiger partial charge in [0.25, 0.3) is 5.60 Å². The summed E-state index contributed by atoms with van der Waals surface area (Å²) in [5.74, 6) is -3.59. The fraction of sp³-hybridized carbons (Fsp3) is 0.345. The molecule has 1 fully saturated rings. The van der Waals surface area contributed by atoms with Gasteiger partial charge in [-0.15, -0.1) is 0 Å². The molecule has 15 heteroatoms. The van der Waals surface area contributed by atoms with E-state index in [9.17, 15) is 52.7 Å². The highest BCUT2D eigenvalue weighted by molar-refractivity contribution is 7.92. The van der Waals surface area contributed by atoms with Gasteiger partial charge in [0.1, 0.15) is 22.2 Å². The van der Waals surface area contributed by atoms with E-state index in [1.807, 2.05) is 0 Å². The van der Waals surface area contributed by atoms with Crippen LogP contribution >= 0.6 is 0 Å². The number of amides is 1. The van der Waals surface area contributed by atoms with E-state index in [1.165, 1.54) is 0 Å². The SMILES string of the molecule is O=CNC1CCC(c2ccc(C(OCc3c(F)cccc3F)(C(F)(F)F)C(F)(F)F)cc2)(S(=O)(=O)c2ccc(F)cc2)CC1. The third-order valence-electron chi connectivity index (χ3n) is 7.85. The minimum absolute atomic E-state index is 0.0905. The molecule has 0 saturated heterocycles. The van der Waals surface area contributed by atoms with Gasteiger partial charge in [-0.25, -0.2) is 21.6 Å². The van der Waals surface area contributed by atoms with Gasteiger partial charge in [0.2, 0.25) is 6.41 Å². The van der Waals surface area contributed by atoms with Crippen molar-refractivity contribution < 1.29 is 57.5 Å². The van der Waals surface area contributed by atoms with Crippen molar-refractivity contribution in [3.05, 3.63) is 101 Å². The second-order valence-corrected chi connectivity index (χ2v) is 12.5. The van der Waals surface area contributed by atoms with E-state index in [0.29, 0.717) is 30.7 Å². The maximum atomic E-state index is 14.4. The normalized spacial score (nSPS) is 19.9. The Morgan fingerprint density at radius 2 is 1.34 bits per heavy atom. The molecular weight excluding hydrogens is 629 g/mol. The average Bonchev–Trinajstić information content (AvgIpc) is 2.94. The number of hydrogen-bond acceptors (Lipinski definition) is 4. The lowest BCUT2D eigenvalue weighted by atomic mass is 9.80. The summed E-state index contributed by atoms with van der Waals surface area (Å²) >= 11 is 0. The largest absolute Gasteiger partial charge is 0.430 e. The molecule has 5 nitrogen and oxygen atoms in total. The summed E-state index contributed by atoms with van der Waals surface area (Å²) in [5.41, 5.74) is -7.88. The summed E-state index contributed by atoms with van der Waals surface area (Å²) in [6, 6.07) is 7.86. The van der Waals surface area contributed by atoms with E-state index >= 15 is 0 Å². The average molecular weight is 654 g/mol.